The van der Waals surface area contributed by atoms with Crippen LogP contribution in [0.3, 0.4) is 0 Å². The van der Waals surface area contributed by atoms with Gasteiger partial charge in [0.05, 0.1) is 5.60 Å². The fraction of sp³-hybridized carbons (Fsp3) is 0.500. The van der Waals surface area contributed by atoms with E-state index in [1.54, 1.807) is 13.8 Å². The van der Waals surface area contributed by atoms with Crippen LogP contribution in [0.5, 0.6) is 5.75 Å². The van der Waals surface area contributed by atoms with Crippen molar-refractivity contribution in [3.8, 4) is 5.75 Å². The summed E-state index contributed by atoms with van der Waals surface area (Å²) < 4.78 is 6.67. The van der Waals surface area contributed by atoms with Crippen LogP contribution in [0.15, 0.2) is 16.6 Å². The number of ether oxygens (including phenoxy) is 1. The summed E-state index contributed by atoms with van der Waals surface area (Å²) in [5, 5.41) is 9.58. The molecule has 0 amide bonds. The van der Waals surface area contributed by atoms with Crippen LogP contribution in [-0.2, 0) is 0 Å². The molecule has 0 aromatic heterocycles. The topological polar surface area (TPSA) is 29.5 Å². The monoisotopic (exact) mass is 272 g/mol. The van der Waals surface area contributed by atoms with Gasteiger partial charge in [0.1, 0.15) is 12.4 Å². The van der Waals surface area contributed by atoms with Gasteiger partial charge in [0.15, 0.2) is 0 Å². The molecule has 84 valence electrons. The first kappa shape index (κ1) is 12.5. The van der Waals surface area contributed by atoms with Crippen molar-refractivity contribution < 1.29 is 9.84 Å². The molecule has 1 aromatic rings. The number of benzene rings is 1. The SMILES string of the molecule is Cc1cc(Br)cc(C)c1OCC(C)(C)O. The smallest absolute Gasteiger partial charge is 0.125 e. The Labute approximate surface area is 99.4 Å². The van der Waals surface area contributed by atoms with E-state index in [4.69, 9.17) is 4.74 Å². The molecule has 0 aliphatic heterocycles. The molecule has 2 nitrogen and oxygen atoms in total. The zero-order valence-electron chi connectivity index (χ0n) is 9.60. The van der Waals surface area contributed by atoms with Gasteiger partial charge in [-0.05, 0) is 51.0 Å². The lowest BCUT2D eigenvalue weighted by molar-refractivity contribution is 0.0280. The van der Waals surface area contributed by atoms with E-state index in [1.165, 1.54) is 0 Å². The van der Waals surface area contributed by atoms with Gasteiger partial charge in [-0.2, -0.15) is 0 Å². The van der Waals surface area contributed by atoms with Gasteiger partial charge in [-0.25, -0.2) is 0 Å². The second-order valence-electron chi connectivity index (χ2n) is 4.47. The quantitative estimate of drug-likeness (QED) is 0.916. The Bertz CT molecular complexity index is 330. The van der Waals surface area contributed by atoms with Gasteiger partial charge in [0, 0.05) is 4.47 Å². The van der Waals surface area contributed by atoms with E-state index in [-0.39, 0.29) is 0 Å². The minimum absolute atomic E-state index is 0.302. The first-order chi connectivity index (χ1) is 6.79. The first-order valence-corrected chi connectivity index (χ1v) is 5.71. The van der Waals surface area contributed by atoms with Gasteiger partial charge in [0.2, 0.25) is 0 Å². The molecule has 0 fully saturated rings. The van der Waals surface area contributed by atoms with Gasteiger partial charge in [-0.3, -0.25) is 0 Å². The predicted molar refractivity (Wildman–Crippen MR) is 65.4 cm³/mol. The molecule has 0 saturated carbocycles. The number of hydrogen-bond acceptors (Lipinski definition) is 2. The highest BCUT2D eigenvalue weighted by Gasteiger charge is 2.15. The third-order valence-electron chi connectivity index (χ3n) is 1.99. The average Bonchev–Trinajstić information content (AvgIpc) is 1.99. The van der Waals surface area contributed by atoms with Crippen molar-refractivity contribution in [3.05, 3.63) is 27.7 Å². The van der Waals surface area contributed by atoms with Gasteiger partial charge in [0.25, 0.3) is 0 Å². The first-order valence-electron chi connectivity index (χ1n) is 4.91. The lowest BCUT2D eigenvalue weighted by Crippen LogP contribution is -2.28. The van der Waals surface area contributed by atoms with Crippen molar-refractivity contribution in [1.29, 1.82) is 0 Å². The second-order valence-corrected chi connectivity index (χ2v) is 5.39. The normalized spacial score (nSPS) is 11.6. The molecule has 1 rings (SSSR count). The van der Waals surface area contributed by atoms with Crippen molar-refractivity contribution in [3.63, 3.8) is 0 Å². The fourth-order valence-corrected chi connectivity index (χ4v) is 2.06. The third-order valence-corrected chi connectivity index (χ3v) is 2.45. The summed E-state index contributed by atoms with van der Waals surface area (Å²) in [7, 11) is 0. The van der Waals surface area contributed by atoms with E-state index in [9.17, 15) is 5.11 Å². The van der Waals surface area contributed by atoms with Crippen LogP contribution >= 0.6 is 15.9 Å². The maximum Gasteiger partial charge on any atom is 0.125 e. The molecule has 1 N–H and O–H groups in total. The fourth-order valence-electron chi connectivity index (χ4n) is 1.37. The van der Waals surface area contributed by atoms with Crippen LogP contribution in [0.2, 0.25) is 0 Å². The summed E-state index contributed by atoms with van der Waals surface area (Å²) in [6.45, 7) is 7.76. The molecule has 0 radical (unpaired) electrons. The highest BCUT2D eigenvalue weighted by atomic mass is 79.9. The van der Waals surface area contributed by atoms with Gasteiger partial charge in [-0.1, -0.05) is 15.9 Å². The molecular weight excluding hydrogens is 256 g/mol. The van der Waals surface area contributed by atoms with E-state index in [0.717, 1.165) is 21.3 Å². The zero-order valence-corrected chi connectivity index (χ0v) is 11.2. The Hall–Kier alpha value is -0.540. The Balaban J connectivity index is 2.86. The van der Waals surface area contributed by atoms with E-state index in [2.05, 4.69) is 15.9 Å². The summed E-state index contributed by atoms with van der Waals surface area (Å²) in [5.41, 5.74) is 1.35. The lowest BCUT2D eigenvalue weighted by atomic mass is 10.1. The maximum absolute atomic E-state index is 9.58. The van der Waals surface area contributed by atoms with Crippen LogP contribution in [0, 0.1) is 13.8 Å². The molecular formula is C12H17BrO2. The van der Waals surface area contributed by atoms with Crippen LogP contribution in [0.1, 0.15) is 25.0 Å². The summed E-state index contributed by atoms with van der Waals surface area (Å²) >= 11 is 3.43. The molecule has 0 saturated heterocycles. The molecule has 3 heteroatoms. The Morgan fingerprint density at radius 2 is 1.73 bits per heavy atom. The minimum atomic E-state index is -0.800. The Morgan fingerprint density at radius 3 is 2.13 bits per heavy atom. The Kier molecular flexibility index (Phi) is 3.79. The third kappa shape index (κ3) is 3.84. The molecule has 0 spiro atoms. The Morgan fingerprint density at radius 1 is 1.27 bits per heavy atom. The zero-order chi connectivity index (χ0) is 11.6. The largest absolute Gasteiger partial charge is 0.490 e. The van der Waals surface area contributed by atoms with E-state index < -0.39 is 5.60 Å². The molecule has 0 bridgehead atoms. The number of aliphatic hydroxyl groups is 1. The highest BCUT2D eigenvalue weighted by molar-refractivity contribution is 9.10. The molecule has 15 heavy (non-hydrogen) atoms. The molecule has 0 aliphatic rings. The van der Waals surface area contributed by atoms with Crippen LogP contribution < -0.4 is 4.74 Å². The number of rotatable bonds is 3. The summed E-state index contributed by atoms with van der Waals surface area (Å²) in [6, 6.07) is 4.01. The van der Waals surface area contributed by atoms with E-state index >= 15 is 0 Å². The minimum Gasteiger partial charge on any atom is -0.490 e. The van der Waals surface area contributed by atoms with Gasteiger partial charge >= 0.3 is 0 Å². The highest BCUT2D eigenvalue weighted by Crippen LogP contribution is 2.27. The molecule has 0 atom stereocenters. The summed E-state index contributed by atoms with van der Waals surface area (Å²) in [6.07, 6.45) is 0. The van der Waals surface area contributed by atoms with E-state index in [1.807, 2.05) is 26.0 Å². The van der Waals surface area contributed by atoms with Crippen molar-refractivity contribution in [2.45, 2.75) is 33.3 Å². The number of halogens is 1. The molecule has 0 heterocycles. The van der Waals surface area contributed by atoms with Crippen LogP contribution in [0.25, 0.3) is 0 Å². The van der Waals surface area contributed by atoms with Gasteiger partial charge < -0.3 is 9.84 Å². The second kappa shape index (κ2) is 4.54. The maximum atomic E-state index is 9.58. The lowest BCUT2D eigenvalue weighted by Gasteiger charge is -2.20. The summed E-state index contributed by atoms with van der Waals surface area (Å²) in [5.74, 6) is 0.861. The predicted octanol–water partition coefficient (Wildman–Crippen LogP) is 3.22. The number of aryl methyl sites for hydroxylation is 2. The average molecular weight is 273 g/mol. The van der Waals surface area contributed by atoms with Crippen molar-refractivity contribution >= 4 is 15.9 Å². The standard InChI is InChI=1S/C12H17BrO2/c1-8-5-10(13)6-9(2)11(8)15-7-12(3,4)14/h5-6,14H,7H2,1-4H3. The van der Waals surface area contributed by atoms with Crippen LogP contribution in [-0.4, -0.2) is 17.3 Å². The summed E-state index contributed by atoms with van der Waals surface area (Å²) in [4.78, 5) is 0. The molecule has 0 aliphatic carbocycles. The van der Waals surface area contributed by atoms with E-state index in [0.29, 0.717) is 6.61 Å². The molecule has 1 aromatic carbocycles. The van der Waals surface area contributed by atoms with Crippen molar-refractivity contribution in [1.82, 2.24) is 0 Å². The van der Waals surface area contributed by atoms with Crippen molar-refractivity contribution in [2.24, 2.45) is 0 Å². The number of hydrogen-bond donors (Lipinski definition) is 1. The van der Waals surface area contributed by atoms with Crippen molar-refractivity contribution in [2.75, 3.05) is 6.61 Å². The van der Waals surface area contributed by atoms with Crippen LogP contribution in [0.4, 0.5) is 0 Å². The van der Waals surface area contributed by atoms with Gasteiger partial charge in [-0.15, -0.1) is 0 Å². The molecule has 0 unspecified atom stereocenters.